The number of rotatable bonds is 4. The van der Waals surface area contributed by atoms with Gasteiger partial charge in [0.25, 0.3) is 0 Å². The fourth-order valence-electron chi connectivity index (χ4n) is 1.56. The Morgan fingerprint density at radius 1 is 1.29 bits per heavy atom. The van der Waals surface area contributed by atoms with Crippen LogP contribution in [0.25, 0.3) is 0 Å². The lowest BCUT2D eigenvalue weighted by molar-refractivity contribution is -0.385. The van der Waals surface area contributed by atoms with Gasteiger partial charge in [-0.3, -0.25) is 10.1 Å². The van der Waals surface area contributed by atoms with Gasteiger partial charge in [-0.2, -0.15) is 0 Å². The van der Waals surface area contributed by atoms with E-state index in [-0.39, 0.29) is 11.5 Å². The smallest absolute Gasteiger partial charge is 0.338 e. The largest absolute Gasteiger partial charge is 0.478 e. The van der Waals surface area contributed by atoms with Gasteiger partial charge >= 0.3 is 11.7 Å². The van der Waals surface area contributed by atoms with E-state index in [1.165, 1.54) is 0 Å². The van der Waals surface area contributed by atoms with Crippen molar-refractivity contribution in [1.82, 2.24) is 0 Å². The van der Waals surface area contributed by atoms with E-state index >= 15 is 0 Å². The number of nitrogens with zero attached hydrogens (tertiary/aromatic N) is 1. The molecule has 0 radical (unpaired) electrons. The van der Waals surface area contributed by atoms with Crippen LogP contribution < -0.4 is 4.74 Å². The molecule has 0 aliphatic carbocycles. The second-order valence-corrected chi connectivity index (χ2v) is 5.16. The fraction of sp³-hybridized carbons (Fsp3) is 0. The fourth-order valence-corrected chi connectivity index (χ4v) is 1.92. The van der Waals surface area contributed by atoms with Crippen molar-refractivity contribution in [3.63, 3.8) is 0 Å². The summed E-state index contributed by atoms with van der Waals surface area (Å²) in [6, 6.07) is 7.88. The van der Waals surface area contributed by atoms with Gasteiger partial charge in [0.1, 0.15) is 17.1 Å². The minimum atomic E-state index is -1.59. The molecule has 8 heteroatoms. The van der Waals surface area contributed by atoms with Crippen molar-refractivity contribution in [1.29, 1.82) is 0 Å². The van der Waals surface area contributed by atoms with Crippen LogP contribution in [0.15, 0.2) is 36.4 Å². The number of hydrogen-bond acceptors (Lipinski definition) is 4. The number of ether oxygens (including phenoxy) is 1. The van der Waals surface area contributed by atoms with Gasteiger partial charge in [0.05, 0.1) is 4.92 Å². The first-order valence-electron chi connectivity index (χ1n) is 5.53. The summed E-state index contributed by atoms with van der Waals surface area (Å²) in [5.41, 5.74) is -1.40. The van der Waals surface area contributed by atoms with Gasteiger partial charge in [0.15, 0.2) is 0 Å². The van der Waals surface area contributed by atoms with E-state index in [4.69, 9.17) is 9.84 Å². The van der Waals surface area contributed by atoms with Crippen LogP contribution in [-0.4, -0.2) is 16.0 Å². The van der Waals surface area contributed by atoms with Gasteiger partial charge < -0.3 is 9.84 Å². The molecular weight excluding hydrogens is 396 g/mol. The molecule has 0 aliphatic heterocycles. The molecule has 0 unspecified atom stereocenters. The third kappa shape index (κ3) is 3.45. The van der Waals surface area contributed by atoms with Crippen molar-refractivity contribution >= 4 is 34.2 Å². The summed E-state index contributed by atoms with van der Waals surface area (Å²) in [5, 5.41) is 19.7. The monoisotopic (exact) mass is 403 g/mol. The summed E-state index contributed by atoms with van der Waals surface area (Å²) in [5.74, 6) is -2.77. The Kier molecular flexibility index (Phi) is 4.36. The molecule has 0 bridgehead atoms. The molecule has 0 aliphatic rings. The van der Waals surface area contributed by atoms with Gasteiger partial charge in [-0.1, -0.05) is 0 Å². The van der Waals surface area contributed by atoms with E-state index in [0.717, 1.165) is 3.57 Å². The van der Waals surface area contributed by atoms with E-state index < -0.39 is 28.0 Å². The van der Waals surface area contributed by atoms with Crippen LogP contribution in [0.5, 0.6) is 11.5 Å². The number of nitro groups is 1. The van der Waals surface area contributed by atoms with Crippen molar-refractivity contribution in [2.75, 3.05) is 0 Å². The third-order valence-corrected chi connectivity index (χ3v) is 3.24. The Labute approximate surface area is 131 Å². The maximum absolute atomic E-state index is 13.6. The minimum Gasteiger partial charge on any atom is -0.478 e. The molecule has 21 heavy (non-hydrogen) atoms. The molecule has 0 amide bonds. The Balaban J connectivity index is 2.47. The van der Waals surface area contributed by atoms with E-state index in [9.17, 15) is 19.3 Å². The second kappa shape index (κ2) is 6.04. The average Bonchev–Trinajstić information content (AvgIpc) is 2.40. The number of carboxylic acids is 1. The minimum absolute atomic E-state index is 0.279. The van der Waals surface area contributed by atoms with Crippen LogP contribution in [0.4, 0.5) is 10.1 Å². The summed E-state index contributed by atoms with van der Waals surface area (Å²) < 4.78 is 19.8. The Hall–Kier alpha value is -2.23. The number of halogens is 2. The highest BCUT2D eigenvalue weighted by Gasteiger charge is 2.23. The SMILES string of the molecule is O=C(O)c1cc([N+](=O)[O-])c(Oc2ccc(I)cc2)cc1F. The predicted molar refractivity (Wildman–Crippen MR) is 79.2 cm³/mol. The second-order valence-electron chi connectivity index (χ2n) is 3.92. The van der Waals surface area contributed by atoms with Crippen molar-refractivity contribution in [2.24, 2.45) is 0 Å². The lowest BCUT2D eigenvalue weighted by Crippen LogP contribution is -2.03. The first-order chi connectivity index (χ1) is 9.88. The zero-order chi connectivity index (χ0) is 15.6. The third-order valence-electron chi connectivity index (χ3n) is 2.52. The maximum atomic E-state index is 13.6. The van der Waals surface area contributed by atoms with Crippen LogP contribution >= 0.6 is 22.6 Å². The number of carboxylic acid groups (broad SMARTS) is 1. The molecule has 0 saturated heterocycles. The summed E-state index contributed by atoms with van der Waals surface area (Å²) in [6.45, 7) is 0. The molecule has 0 spiro atoms. The number of aromatic carboxylic acids is 1. The van der Waals surface area contributed by atoms with Gasteiger partial charge in [-0.15, -0.1) is 0 Å². The average molecular weight is 403 g/mol. The quantitative estimate of drug-likeness (QED) is 0.476. The molecule has 6 nitrogen and oxygen atoms in total. The summed E-state index contributed by atoms with van der Waals surface area (Å²) >= 11 is 2.07. The highest BCUT2D eigenvalue weighted by molar-refractivity contribution is 14.1. The predicted octanol–water partition coefficient (Wildman–Crippen LogP) is 3.83. The molecule has 2 rings (SSSR count). The number of hydrogen-bond donors (Lipinski definition) is 1. The summed E-state index contributed by atoms with van der Waals surface area (Å²) in [6.07, 6.45) is 0. The van der Waals surface area contributed by atoms with Crippen molar-refractivity contribution in [3.05, 3.63) is 61.5 Å². The topological polar surface area (TPSA) is 89.7 Å². The van der Waals surface area contributed by atoms with E-state index in [1.807, 2.05) is 0 Å². The van der Waals surface area contributed by atoms with Crippen LogP contribution in [0, 0.1) is 19.5 Å². The first kappa shape index (κ1) is 15.2. The van der Waals surface area contributed by atoms with Crippen molar-refractivity contribution in [2.45, 2.75) is 0 Å². The first-order valence-corrected chi connectivity index (χ1v) is 6.61. The molecule has 2 aromatic carbocycles. The van der Waals surface area contributed by atoms with Crippen LogP contribution in [0.2, 0.25) is 0 Å². The molecule has 0 atom stereocenters. The van der Waals surface area contributed by atoms with Crippen LogP contribution in [-0.2, 0) is 0 Å². The molecule has 0 aromatic heterocycles. The summed E-state index contributed by atoms with van der Waals surface area (Å²) in [7, 11) is 0. The van der Waals surface area contributed by atoms with E-state index in [2.05, 4.69) is 22.6 Å². The maximum Gasteiger partial charge on any atom is 0.338 e. The standard InChI is InChI=1S/C13H7FINO5/c14-10-6-12(21-8-3-1-7(15)2-4-8)11(16(19)20)5-9(10)13(17)18/h1-6H,(H,17,18). The van der Waals surface area contributed by atoms with Crippen molar-refractivity contribution < 1.29 is 24.0 Å². The highest BCUT2D eigenvalue weighted by atomic mass is 127. The van der Waals surface area contributed by atoms with Gasteiger partial charge in [-0.05, 0) is 46.9 Å². The van der Waals surface area contributed by atoms with Gasteiger partial charge in [-0.25, -0.2) is 9.18 Å². The molecular formula is C13H7FINO5. The Morgan fingerprint density at radius 2 is 1.90 bits per heavy atom. The van der Waals surface area contributed by atoms with E-state index in [1.54, 1.807) is 24.3 Å². The lowest BCUT2D eigenvalue weighted by Gasteiger charge is -2.08. The lowest BCUT2D eigenvalue weighted by atomic mass is 10.1. The molecule has 0 saturated carbocycles. The van der Waals surface area contributed by atoms with Crippen molar-refractivity contribution in [3.8, 4) is 11.5 Å². The highest BCUT2D eigenvalue weighted by Crippen LogP contribution is 2.33. The molecule has 2 aromatic rings. The van der Waals surface area contributed by atoms with E-state index in [0.29, 0.717) is 12.1 Å². The number of benzene rings is 2. The molecule has 0 heterocycles. The van der Waals surface area contributed by atoms with Crippen LogP contribution in [0.1, 0.15) is 10.4 Å². The molecule has 108 valence electrons. The molecule has 1 N–H and O–H groups in total. The zero-order valence-electron chi connectivity index (χ0n) is 10.2. The van der Waals surface area contributed by atoms with Crippen LogP contribution in [0.3, 0.4) is 0 Å². The summed E-state index contributed by atoms with van der Waals surface area (Å²) in [4.78, 5) is 20.9. The zero-order valence-corrected chi connectivity index (χ0v) is 12.4. The van der Waals surface area contributed by atoms with Gasteiger partial charge in [0, 0.05) is 15.7 Å². The Morgan fingerprint density at radius 3 is 2.43 bits per heavy atom. The van der Waals surface area contributed by atoms with Gasteiger partial charge in [0.2, 0.25) is 5.75 Å². The number of carbonyl (C=O) groups is 1. The molecule has 0 fully saturated rings. The number of nitro benzene ring substituents is 1. The Bertz CT molecular complexity index is 717. The normalized spacial score (nSPS) is 10.2.